The van der Waals surface area contributed by atoms with Crippen LogP contribution >= 0.6 is 0 Å². The molecule has 0 unspecified atom stereocenters. The van der Waals surface area contributed by atoms with E-state index < -0.39 is 41.0 Å². The number of hydrogen-bond acceptors (Lipinski definition) is 4. The Hall–Kier alpha value is -4.59. The monoisotopic (exact) mass is 675 g/mol. The summed E-state index contributed by atoms with van der Waals surface area (Å²) in [5.74, 6) is -1.42. The molecule has 4 aromatic rings. The number of carbonyl (C=O) groups excluding carboxylic acids is 2. The van der Waals surface area contributed by atoms with Crippen molar-refractivity contribution in [3.8, 4) is 0 Å². The van der Waals surface area contributed by atoms with Crippen LogP contribution in [0.3, 0.4) is 0 Å². The van der Waals surface area contributed by atoms with Gasteiger partial charge in [0.15, 0.2) is 0 Å². The van der Waals surface area contributed by atoms with Crippen molar-refractivity contribution in [1.82, 2.24) is 19.3 Å². The van der Waals surface area contributed by atoms with Gasteiger partial charge < -0.3 is 19.3 Å². The Labute approximate surface area is 271 Å². The van der Waals surface area contributed by atoms with Gasteiger partial charge in [-0.25, -0.2) is 4.39 Å². The number of para-hydroxylation sites is 1. The second-order valence-corrected chi connectivity index (χ2v) is 12.1. The van der Waals surface area contributed by atoms with Crippen molar-refractivity contribution >= 4 is 28.4 Å². The van der Waals surface area contributed by atoms with Crippen LogP contribution in [-0.2, 0) is 23.7 Å². The van der Waals surface area contributed by atoms with E-state index in [0.29, 0.717) is 38.3 Å². The summed E-state index contributed by atoms with van der Waals surface area (Å²) in [7, 11) is 0. The van der Waals surface area contributed by atoms with Gasteiger partial charge in [-0.05, 0) is 60.0 Å². The molecule has 2 aliphatic rings. The standard InChI is InChI=1S/C34H32F7N5O2/c35-27-5-7-28(8-6-27)43-12-14-44(15-13-43)31(47)22-42-11-16-46(29(20-42)21-45-10-9-23-3-1-2-4-30(23)45)32(48)24-17-25(33(36,37)38)19-26(18-24)34(39,40)41/h1-10,17-19,29H,11-16,20-22H2/t29-/m1/s1. The molecule has 0 radical (unpaired) electrons. The fourth-order valence-corrected chi connectivity index (χ4v) is 6.42. The van der Waals surface area contributed by atoms with Crippen LogP contribution < -0.4 is 4.90 Å². The summed E-state index contributed by atoms with van der Waals surface area (Å²) in [6.07, 6.45) is -8.38. The zero-order valence-electron chi connectivity index (χ0n) is 25.6. The first-order chi connectivity index (χ1) is 22.8. The first kappa shape index (κ1) is 33.3. The van der Waals surface area contributed by atoms with Crippen molar-refractivity contribution in [2.75, 3.05) is 57.3 Å². The summed E-state index contributed by atoms with van der Waals surface area (Å²) in [4.78, 5) is 34.1. The molecule has 0 spiro atoms. The number of fused-ring (bicyclic) bond motifs is 1. The van der Waals surface area contributed by atoms with Crippen molar-refractivity contribution in [1.29, 1.82) is 0 Å². The molecule has 0 N–H and O–H groups in total. The lowest BCUT2D eigenvalue weighted by molar-refractivity contribution is -0.143. The van der Waals surface area contributed by atoms with E-state index in [4.69, 9.17) is 0 Å². The maximum absolute atomic E-state index is 13.8. The third-order valence-electron chi connectivity index (χ3n) is 8.93. The minimum atomic E-state index is -5.09. The van der Waals surface area contributed by atoms with Crippen molar-refractivity contribution < 1.29 is 40.3 Å². The SMILES string of the molecule is O=C(CN1CCN(C(=O)c2cc(C(F)(F)F)cc(C(F)(F)F)c2)[C@@H](Cn2ccc3ccccc32)C1)N1CCN(c2ccc(F)cc2)CC1. The number of carbonyl (C=O) groups is 2. The highest BCUT2D eigenvalue weighted by molar-refractivity contribution is 5.95. The molecule has 2 amide bonds. The highest BCUT2D eigenvalue weighted by Gasteiger charge is 2.39. The van der Waals surface area contributed by atoms with E-state index in [-0.39, 0.29) is 50.5 Å². The van der Waals surface area contributed by atoms with E-state index in [1.807, 2.05) is 46.0 Å². The normalized spacial score (nSPS) is 18.1. The Morgan fingerprint density at radius 1 is 0.750 bits per heavy atom. The quantitative estimate of drug-likeness (QED) is 0.236. The van der Waals surface area contributed by atoms with E-state index in [0.717, 1.165) is 16.6 Å². The van der Waals surface area contributed by atoms with Gasteiger partial charge in [-0.3, -0.25) is 14.5 Å². The minimum absolute atomic E-state index is 0.00322. The van der Waals surface area contributed by atoms with Gasteiger partial charge in [0.25, 0.3) is 5.91 Å². The van der Waals surface area contributed by atoms with Gasteiger partial charge in [0.05, 0.1) is 23.7 Å². The maximum atomic E-state index is 13.8. The fourth-order valence-electron chi connectivity index (χ4n) is 6.42. The molecule has 2 aliphatic heterocycles. The number of benzene rings is 3. The molecular formula is C34H32F7N5O2. The van der Waals surface area contributed by atoms with Gasteiger partial charge in [0.2, 0.25) is 5.91 Å². The fraction of sp³-hybridized carbons (Fsp3) is 0.353. The molecule has 1 atom stereocenters. The molecular weight excluding hydrogens is 643 g/mol. The van der Waals surface area contributed by atoms with Crippen molar-refractivity contribution in [3.63, 3.8) is 0 Å². The molecule has 6 rings (SSSR count). The number of nitrogens with zero attached hydrogens (tertiary/aromatic N) is 5. The van der Waals surface area contributed by atoms with Crippen LogP contribution in [0.25, 0.3) is 10.9 Å². The van der Waals surface area contributed by atoms with Crippen LogP contribution in [0.5, 0.6) is 0 Å². The van der Waals surface area contributed by atoms with Gasteiger partial charge in [-0.15, -0.1) is 0 Å². The molecule has 2 fully saturated rings. The van der Waals surface area contributed by atoms with E-state index >= 15 is 0 Å². The van der Waals surface area contributed by atoms with Crippen molar-refractivity contribution in [2.45, 2.75) is 24.9 Å². The highest BCUT2D eigenvalue weighted by Crippen LogP contribution is 2.37. The lowest BCUT2D eigenvalue weighted by Gasteiger charge is -2.42. The first-order valence-electron chi connectivity index (χ1n) is 15.4. The van der Waals surface area contributed by atoms with Crippen LogP contribution in [0.4, 0.5) is 36.4 Å². The topological polar surface area (TPSA) is 52.0 Å². The smallest absolute Gasteiger partial charge is 0.368 e. The number of piperazine rings is 2. The van der Waals surface area contributed by atoms with Gasteiger partial charge in [0.1, 0.15) is 5.82 Å². The first-order valence-corrected chi connectivity index (χ1v) is 15.4. The number of anilines is 1. The van der Waals surface area contributed by atoms with Crippen LogP contribution in [0, 0.1) is 5.82 Å². The number of aromatic nitrogens is 1. The molecule has 3 heterocycles. The minimum Gasteiger partial charge on any atom is -0.368 e. The summed E-state index contributed by atoms with van der Waals surface area (Å²) >= 11 is 0. The van der Waals surface area contributed by atoms with Gasteiger partial charge in [0, 0.05) is 75.3 Å². The average molecular weight is 676 g/mol. The average Bonchev–Trinajstić information content (AvgIpc) is 3.46. The lowest BCUT2D eigenvalue weighted by atomic mass is 10.0. The summed E-state index contributed by atoms with van der Waals surface area (Å²) in [5.41, 5.74) is -2.12. The summed E-state index contributed by atoms with van der Waals surface area (Å²) in [5, 5.41) is 0.922. The predicted octanol–water partition coefficient (Wildman–Crippen LogP) is 5.99. The Morgan fingerprint density at radius 3 is 2.04 bits per heavy atom. The number of amides is 2. The van der Waals surface area contributed by atoms with Gasteiger partial charge in [-0.2, -0.15) is 26.3 Å². The molecule has 7 nitrogen and oxygen atoms in total. The van der Waals surface area contributed by atoms with E-state index in [1.165, 1.54) is 17.0 Å². The zero-order chi connectivity index (χ0) is 34.2. The molecule has 2 saturated heterocycles. The third kappa shape index (κ3) is 7.28. The number of rotatable bonds is 6. The Kier molecular flexibility index (Phi) is 9.12. The number of hydrogen-bond donors (Lipinski definition) is 0. The second-order valence-electron chi connectivity index (χ2n) is 12.1. The van der Waals surface area contributed by atoms with Gasteiger partial charge >= 0.3 is 12.4 Å². The molecule has 0 saturated carbocycles. The van der Waals surface area contributed by atoms with Crippen LogP contribution in [0.1, 0.15) is 21.5 Å². The Bertz CT molecular complexity index is 1750. The maximum Gasteiger partial charge on any atom is 0.416 e. The van der Waals surface area contributed by atoms with E-state index in [2.05, 4.69) is 4.90 Å². The highest BCUT2D eigenvalue weighted by atomic mass is 19.4. The summed E-state index contributed by atoms with van der Waals surface area (Å²) in [6.45, 7) is 2.60. The largest absolute Gasteiger partial charge is 0.416 e. The van der Waals surface area contributed by atoms with Gasteiger partial charge in [-0.1, -0.05) is 18.2 Å². The van der Waals surface area contributed by atoms with E-state index in [1.54, 1.807) is 17.0 Å². The third-order valence-corrected chi connectivity index (χ3v) is 8.93. The second kappa shape index (κ2) is 13.1. The summed E-state index contributed by atoms with van der Waals surface area (Å²) < 4.78 is 96.9. The van der Waals surface area contributed by atoms with Crippen molar-refractivity contribution in [3.05, 3.63) is 102 Å². The number of alkyl halides is 6. The molecule has 1 aromatic heterocycles. The molecule has 48 heavy (non-hydrogen) atoms. The molecule has 254 valence electrons. The molecule has 0 aliphatic carbocycles. The predicted molar refractivity (Wildman–Crippen MR) is 165 cm³/mol. The molecule has 14 heteroatoms. The van der Waals surface area contributed by atoms with E-state index in [9.17, 15) is 40.3 Å². The van der Waals surface area contributed by atoms with Crippen molar-refractivity contribution in [2.24, 2.45) is 0 Å². The van der Waals surface area contributed by atoms with Crippen LogP contribution in [0.2, 0.25) is 0 Å². The Balaban J connectivity index is 1.20. The number of halogens is 7. The molecule has 3 aromatic carbocycles. The summed E-state index contributed by atoms with van der Waals surface area (Å²) in [6, 6.07) is 15.7. The molecule has 0 bridgehead atoms. The zero-order valence-corrected chi connectivity index (χ0v) is 25.6. The Morgan fingerprint density at radius 2 is 1.40 bits per heavy atom. The van der Waals surface area contributed by atoms with Crippen LogP contribution in [0.15, 0.2) is 79.0 Å². The van der Waals surface area contributed by atoms with Crippen LogP contribution in [-0.4, -0.2) is 89.5 Å². The lowest BCUT2D eigenvalue weighted by Crippen LogP contribution is -2.59.